The van der Waals surface area contributed by atoms with Gasteiger partial charge in [-0.3, -0.25) is 4.79 Å². The smallest absolute Gasteiger partial charge is 0.244 e. The zero-order valence-corrected chi connectivity index (χ0v) is 14.7. The van der Waals surface area contributed by atoms with Gasteiger partial charge in [0.15, 0.2) is 3.77 Å². The summed E-state index contributed by atoms with van der Waals surface area (Å²) in [6.07, 6.45) is 3.07. The fourth-order valence-electron chi connectivity index (χ4n) is 1.68. The molecular weight excluding hydrogens is 416 g/mol. The van der Waals surface area contributed by atoms with Crippen molar-refractivity contribution in [3.63, 3.8) is 0 Å². The van der Waals surface area contributed by atoms with Crippen molar-refractivity contribution in [2.24, 2.45) is 0 Å². The molecule has 1 heterocycles. The monoisotopic (exact) mass is 431 g/mol. The maximum absolute atomic E-state index is 13.4. The Morgan fingerprint density at radius 1 is 1.32 bits per heavy atom. The van der Waals surface area contributed by atoms with Crippen LogP contribution in [0, 0.1) is 9.58 Å². The average molecular weight is 431 g/mol. The number of benzene rings is 1. The summed E-state index contributed by atoms with van der Waals surface area (Å²) in [4.78, 5) is 11.6. The number of amides is 1. The predicted octanol–water partition coefficient (Wildman–Crippen LogP) is 4.09. The molecule has 1 aromatic carbocycles. The maximum Gasteiger partial charge on any atom is 0.244 e. The van der Waals surface area contributed by atoms with Crippen LogP contribution in [0.15, 0.2) is 46.9 Å². The highest BCUT2D eigenvalue weighted by molar-refractivity contribution is 14.1. The van der Waals surface area contributed by atoms with Crippen LogP contribution < -0.4 is 5.32 Å². The summed E-state index contributed by atoms with van der Waals surface area (Å²) < 4.78 is 19.5. The van der Waals surface area contributed by atoms with E-state index in [4.69, 9.17) is 4.42 Å². The highest BCUT2D eigenvalue weighted by Crippen LogP contribution is 2.14. The molecule has 0 saturated heterocycles. The molecule has 0 unspecified atom stereocenters. The lowest BCUT2D eigenvalue weighted by Gasteiger charge is -2.04. The third-order valence-electron chi connectivity index (χ3n) is 2.75. The van der Waals surface area contributed by atoms with Crippen LogP contribution in [0.3, 0.4) is 0 Å². The molecule has 22 heavy (non-hydrogen) atoms. The van der Waals surface area contributed by atoms with Crippen LogP contribution in [-0.2, 0) is 10.5 Å². The molecule has 0 aliphatic heterocycles. The molecule has 2 rings (SSSR count). The third-order valence-corrected chi connectivity index (χ3v) is 4.34. The number of carbonyl (C=O) groups is 1. The van der Waals surface area contributed by atoms with Crippen LogP contribution in [0.1, 0.15) is 11.3 Å². The topological polar surface area (TPSA) is 42.2 Å². The number of nitrogens with one attached hydrogen (secondary N) is 1. The first kappa shape index (κ1) is 17.1. The van der Waals surface area contributed by atoms with Gasteiger partial charge in [0.1, 0.15) is 11.6 Å². The maximum atomic E-state index is 13.4. The molecule has 116 valence electrons. The van der Waals surface area contributed by atoms with Gasteiger partial charge < -0.3 is 9.73 Å². The van der Waals surface area contributed by atoms with E-state index in [0.29, 0.717) is 23.6 Å². The minimum absolute atomic E-state index is 0.169. The second-order valence-corrected chi connectivity index (χ2v) is 6.58. The van der Waals surface area contributed by atoms with Crippen LogP contribution in [0.4, 0.5) is 4.39 Å². The van der Waals surface area contributed by atoms with Gasteiger partial charge in [-0.1, -0.05) is 18.2 Å². The van der Waals surface area contributed by atoms with Crippen LogP contribution in [0.5, 0.6) is 0 Å². The first-order valence-electron chi connectivity index (χ1n) is 6.67. The minimum atomic E-state index is -0.185. The van der Waals surface area contributed by atoms with Crippen molar-refractivity contribution in [1.82, 2.24) is 5.32 Å². The van der Waals surface area contributed by atoms with Gasteiger partial charge in [0.2, 0.25) is 5.91 Å². The molecule has 0 aliphatic rings. The van der Waals surface area contributed by atoms with Gasteiger partial charge in [-0.05, 0) is 52.4 Å². The first-order chi connectivity index (χ1) is 10.6. The Morgan fingerprint density at radius 3 is 2.86 bits per heavy atom. The van der Waals surface area contributed by atoms with E-state index in [9.17, 15) is 9.18 Å². The highest BCUT2D eigenvalue weighted by Gasteiger charge is 2.01. The quantitative estimate of drug-likeness (QED) is 0.408. The van der Waals surface area contributed by atoms with Gasteiger partial charge in [0, 0.05) is 24.1 Å². The van der Waals surface area contributed by atoms with Crippen LogP contribution in [0.2, 0.25) is 0 Å². The zero-order chi connectivity index (χ0) is 15.8. The van der Waals surface area contributed by atoms with Gasteiger partial charge in [0.05, 0.1) is 0 Å². The molecule has 0 atom stereocenters. The van der Waals surface area contributed by atoms with Crippen molar-refractivity contribution < 1.29 is 13.6 Å². The van der Waals surface area contributed by atoms with E-state index in [1.165, 1.54) is 12.1 Å². The summed E-state index contributed by atoms with van der Waals surface area (Å²) >= 11 is 3.65. The Hall–Kier alpha value is -1.28. The van der Waals surface area contributed by atoms with Crippen LogP contribution in [0.25, 0.3) is 6.08 Å². The minimum Gasteiger partial charge on any atom is -0.451 e. The predicted molar refractivity (Wildman–Crippen MR) is 96.0 cm³/mol. The van der Waals surface area contributed by atoms with E-state index in [1.807, 2.05) is 12.1 Å². The number of halogens is 2. The Bertz CT molecular complexity index is 657. The largest absolute Gasteiger partial charge is 0.451 e. The van der Waals surface area contributed by atoms with Crippen molar-refractivity contribution in [2.45, 2.75) is 5.75 Å². The van der Waals surface area contributed by atoms with Crippen molar-refractivity contribution in [1.29, 1.82) is 0 Å². The van der Waals surface area contributed by atoms with Crippen molar-refractivity contribution in [3.05, 3.63) is 63.4 Å². The van der Waals surface area contributed by atoms with Gasteiger partial charge in [-0.25, -0.2) is 4.39 Å². The Kier molecular flexibility index (Phi) is 6.98. The molecule has 1 N–H and O–H groups in total. The van der Waals surface area contributed by atoms with Crippen molar-refractivity contribution >= 4 is 46.3 Å². The summed E-state index contributed by atoms with van der Waals surface area (Å²) in [6, 6.07) is 10.4. The van der Waals surface area contributed by atoms with E-state index in [0.717, 1.165) is 9.52 Å². The fourth-order valence-corrected chi connectivity index (χ4v) is 2.96. The number of hydrogen-bond donors (Lipinski definition) is 1. The molecule has 1 amide bonds. The normalized spacial score (nSPS) is 11.0. The number of rotatable bonds is 7. The molecule has 0 aliphatic carbocycles. The standard InChI is InChI=1S/C16H15FINO2S/c17-14-4-2-1-3-12(14)11-22-10-9-19-16(20)8-6-13-5-7-15(18)21-13/h1-8H,9-11H2,(H,19,20)/b8-6+. The zero-order valence-electron chi connectivity index (χ0n) is 11.7. The molecular formula is C16H15FINO2S. The Labute approximate surface area is 146 Å². The second kappa shape index (κ2) is 8.99. The van der Waals surface area contributed by atoms with Crippen molar-refractivity contribution in [2.75, 3.05) is 12.3 Å². The van der Waals surface area contributed by atoms with E-state index < -0.39 is 0 Å². The van der Waals surface area contributed by atoms with E-state index >= 15 is 0 Å². The van der Waals surface area contributed by atoms with E-state index in [1.54, 1.807) is 36.0 Å². The third kappa shape index (κ3) is 5.84. The van der Waals surface area contributed by atoms with Crippen molar-refractivity contribution in [3.8, 4) is 0 Å². The molecule has 2 aromatic rings. The van der Waals surface area contributed by atoms with Gasteiger partial charge in [-0.15, -0.1) is 0 Å². The van der Waals surface area contributed by atoms with E-state index in [2.05, 4.69) is 27.9 Å². The van der Waals surface area contributed by atoms with Gasteiger partial charge in [-0.2, -0.15) is 11.8 Å². The van der Waals surface area contributed by atoms with Crippen LogP contribution >= 0.6 is 34.4 Å². The molecule has 3 nitrogen and oxygen atoms in total. The van der Waals surface area contributed by atoms with Gasteiger partial charge >= 0.3 is 0 Å². The highest BCUT2D eigenvalue weighted by atomic mass is 127. The van der Waals surface area contributed by atoms with Crippen LogP contribution in [-0.4, -0.2) is 18.2 Å². The summed E-state index contributed by atoms with van der Waals surface area (Å²) in [6.45, 7) is 0.540. The number of furan rings is 1. The molecule has 0 saturated carbocycles. The van der Waals surface area contributed by atoms with E-state index in [-0.39, 0.29) is 11.7 Å². The molecule has 6 heteroatoms. The number of hydrogen-bond acceptors (Lipinski definition) is 3. The lowest BCUT2D eigenvalue weighted by Crippen LogP contribution is -2.23. The van der Waals surface area contributed by atoms with Gasteiger partial charge in [0.25, 0.3) is 0 Å². The average Bonchev–Trinajstić information content (AvgIpc) is 2.92. The number of thioether (sulfide) groups is 1. The first-order valence-corrected chi connectivity index (χ1v) is 8.91. The summed E-state index contributed by atoms with van der Waals surface area (Å²) in [5.41, 5.74) is 0.686. The SMILES string of the molecule is O=C(/C=C/c1ccc(I)o1)NCCSCc1ccccc1F. The molecule has 0 radical (unpaired) electrons. The second-order valence-electron chi connectivity index (χ2n) is 4.41. The lowest BCUT2D eigenvalue weighted by atomic mass is 10.2. The molecule has 1 aromatic heterocycles. The molecule has 0 fully saturated rings. The fraction of sp³-hybridized carbons (Fsp3) is 0.188. The summed E-state index contributed by atoms with van der Waals surface area (Å²) in [7, 11) is 0. The summed E-state index contributed by atoms with van der Waals surface area (Å²) in [5.74, 6) is 1.62. The lowest BCUT2D eigenvalue weighted by molar-refractivity contribution is -0.116. The number of carbonyl (C=O) groups excluding carboxylic acids is 1. The Balaban J connectivity index is 1.63. The molecule has 0 bridgehead atoms. The Morgan fingerprint density at radius 2 is 2.14 bits per heavy atom. The molecule has 0 spiro atoms. The summed E-state index contributed by atoms with van der Waals surface area (Å²) in [5, 5.41) is 2.78.